The van der Waals surface area contributed by atoms with Crippen LogP contribution in [-0.4, -0.2) is 54.0 Å². The Morgan fingerprint density at radius 1 is 1.06 bits per heavy atom. The van der Waals surface area contributed by atoms with E-state index < -0.39 is 23.7 Å². The highest BCUT2D eigenvalue weighted by Crippen LogP contribution is 2.36. The van der Waals surface area contributed by atoms with Crippen molar-refractivity contribution < 1.29 is 28.5 Å². The number of esters is 1. The second kappa shape index (κ2) is 10.0. The van der Waals surface area contributed by atoms with Crippen LogP contribution in [0.4, 0.5) is 16.3 Å². The number of ether oxygens (including phenoxy) is 4. The lowest BCUT2D eigenvalue weighted by atomic mass is 10.1. The number of nitrogens with zero attached hydrogens (tertiary/aromatic N) is 2. The van der Waals surface area contributed by atoms with Crippen molar-refractivity contribution in [1.82, 2.24) is 15.3 Å². The monoisotopic (exact) mass is 480 g/mol. The van der Waals surface area contributed by atoms with Crippen molar-refractivity contribution in [3.8, 4) is 11.5 Å². The smallest absolute Gasteiger partial charge is 0.408 e. The van der Waals surface area contributed by atoms with Crippen molar-refractivity contribution in [2.75, 3.05) is 25.6 Å². The van der Waals surface area contributed by atoms with Crippen molar-refractivity contribution in [2.24, 2.45) is 0 Å². The number of carbonyl (C=O) groups is 2. The number of benzene rings is 2. The van der Waals surface area contributed by atoms with Gasteiger partial charge < -0.3 is 29.6 Å². The largest absolute Gasteiger partial charge is 0.486 e. The topological polar surface area (TPSA) is 121 Å². The third-order valence-corrected chi connectivity index (χ3v) is 5.13. The summed E-state index contributed by atoms with van der Waals surface area (Å²) in [6, 6.07) is 10.3. The van der Waals surface area contributed by atoms with E-state index in [4.69, 9.17) is 18.9 Å². The SMILES string of the molecule is COC(=O)C(Cc1ccc(Nc2ncnc3cc4c(cc23)OCCO4)cc1)NC(=O)OC(C)(C)C. The molecule has 2 heterocycles. The van der Waals surface area contributed by atoms with E-state index in [0.29, 0.717) is 30.5 Å². The third kappa shape index (κ3) is 6.08. The van der Waals surface area contributed by atoms with Crippen molar-refractivity contribution in [3.05, 3.63) is 48.3 Å². The molecule has 2 aromatic carbocycles. The van der Waals surface area contributed by atoms with Gasteiger partial charge in [0, 0.05) is 23.6 Å². The summed E-state index contributed by atoms with van der Waals surface area (Å²) in [5, 5.41) is 6.68. The number of fused-ring (bicyclic) bond motifs is 2. The van der Waals surface area contributed by atoms with Gasteiger partial charge in [0.15, 0.2) is 11.5 Å². The van der Waals surface area contributed by atoms with Gasteiger partial charge in [-0.05, 0) is 44.5 Å². The molecule has 1 atom stereocenters. The fourth-order valence-corrected chi connectivity index (χ4v) is 3.57. The Hall–Kier alpha value is -4.08. The molecular formula is C25H28N4O6. The van der Waals surface area contributed by atoms with Crippen molar-refractivity contribution >= 4 is 34.5 Å². The van der Waals surface area contributed by atoms with E-state index in [2.05, 4.69) is 20.6 Å². The van der Waals surface area contributed by atoms with Crippen LogP contribution in [-0.2, 0) is 20.7 Å². The summed E-state index contributed by atoms with van der Waals surface area (Å²) in [7, 11) is 1.28. The average Bonchev–Trinajstić information content (AvgIpc) is 2.82. The molecule has 10 heteroatoms. The Morgan fingerprint density at radius 3 is 2.40 bits per heavy atom. The molecular weight excluding hydrogens is 452 g/mol. The lowest BCUT2D eigenvalue weighted by Crippen LogP contribution is -2.45. The van der Waals surface area contributed by atoms with Crippen LogP contribution in [0, 0.1) is 0 Å². The maximum absolute atomic E-state index is 12.2. The molecule has 1 aliphatic heterocycles. The summed E-state index contributed by atoms with van der Waals surface area (Å²) >= 11 is 0. The van der Waals surface area contributed by atoms with Gasteiger partial charge in [-0.3, -0.25) is 0 Å². The van der Waals surface area contributed by atoms with Gasteiger partial charge in [0.25, 0.3) is 0 Å². The normalized spacial score (nSPS) is 13.6. The molecule has 1 unspecified atom stereocenters. The average molecular weight is 481 g/mol. The predicted molar refractivity (Wildman–Crippen MR) is 129 cm³/mol. The van der Waals surface area contributed by atoms with Crippen LogP contribution in [0.25, 0.3) is 10.9 Å². The van der Waals surface area contributed by atoms with E-state index in [1.54, 1.807) is 20.8 Å². The molecule has 35 heavy (non-hydrogen) atoms. The summed E-state index contributed by atoms with van der Waals surface area (Å²) in [4.78, 5) is 33.1. The first-order chi connectivity index (χ1) is 16.7. The van der Waals surface area contributed by atoms with Crippen molar-refractivity contribution in [1.29, 1.82) is 0 Å². The van der Waals surface area contributed by atoms with Gasteiger partial charge in [-0.25, -0.2) is 19.6 Å². The predicted octanol–water partition coefficient (Wildman–Crippen LogP) is 3.75. The minimum Gasteiger partial charge on any atom is -0.486 e. The van der Waals surface area contributed by atoms with E-state index in [1.807, 2.05) is 36.4 Å². The number of aromatic nitrogens is 2. The van der Waals surface area contributed by atoms with Crippen LogP contribution in [0.2, 0.25) is 0 Å². The first-order valence-electron chi connectivity index (χ1n) is 11.2. The molecule has 0 fully saturated rings. The zero-order valence-corrected chi connectivity index (χ0v) is 20.1. The van der Waals surface area contributed by atoms with E-state index in [1.165, 1.54) is 13.4 Å². The van der Waals surface area contributed by atoms with Gasteiger partial charge in [0.2, 0.25) is 0 Å². The summed E-state index contributed by atoms with van der Waals surface area (Å²) in [5.74, 6) is 1.39. The van der Waals surface area contributed by atoms with Crippen LogP contribution in [0.3, 0.4) is 0 Å². The number of amides is 1. The van der Waals surface area contributed by atoms with Gasteiger partial charge in [0.1, 0.15) is 37.0 Å². The Bertz CT molecular complexity index is 1220. The maximum atomic E-state index is 12.2. The highest BCUT2D eigenvalue weighted by Gasteiger charge is 2.25. The molecule has 1 amide bonds. The zero-order chi connectivity index (χ0) is 25.0. The summed E-state index contributed by atoms with van der Waals surface area (Å²) in [6.07, 6.45) is 1.04. The minimum atomic E-state index is -0.882. The number of rotatable bonds is 6. The molecule has 184 valence electrons. The summed E-state index contributed by atoms with van der Waals surface area (Å²) in [6.45, 7) is 6.25. The lowest BCUT2D eigenvalue weighted by Gasteiger charge is -2.22. The van der Waals surface area contributed by atoms with Gasteiger partial charge in [-0.2, -0.15) is 0 Å². The first-order valence-corrected chi connectivity index (χ1v) is 11.2. The number of methoxy groups -OCH3 is 1. The van der Waals surface area contributed by atoms with E-state index in [0.717, 1.165) is 22.2 Å². The standard InChI is InChI=1S/C25H28N4O6/c1-25(2,3)35-24(31)29-19(23(30)32-4)11-15-5-7-16(8-6-15)28-22-17-12-20-21(34-10-9-33-20)13-18(17)26-14-27-22/h5-8,12-14,19H,9-11H2,1-4H3,(H,29,31)(H,26,27,28). The fraction of sp³-hybridized carbons (Fsp3) is 0.360. The third-order valence-electron chi connectivity index (χ3n) is 5.13. The first kappa shape index (κ1) is 24.1. The Morgan fingerprint density at radius 2 is 1.74 bits per heavy atom. The second-order valence-corrected chi connectivity index (χ2v) is 8.98. The number of hydrogen-bond donors (Lipinski definition) is 2. The summed E-state index contributed by atoms with van der Waals surface area (Å²) < 4.78 is 21.4. The quantitative estimate of drug-likeness (QED) is 0.508. The highest BCUT2D eigenvalue weighted by atomic mass is 16.6. The van der Waals surface area contributed by atoms with Gasteiger partial charge in [-0.15, -0.1) is 0 Å². The Labute approximate surface area is 202 Å². The van der Waals surface area contributed by atoms with Gasteiger partial charge in [0.05, 0.1) is 12.6 Å². The molecule has 1 aliphatic rings. The van der Waals surface area contributed by atoms with Crippen molar-refractivity contribution in [2.45, 2.75) is 38.8 Å². The highest BCUT2D eigenvalue weighted by molar-refractivity contribution is 5.93. The summed E-state index contributed by atoms with van der Waals surface area (Å²) in [5.41, 5.74) is 1.67. The molecule has 0 aliphatic carbocycles. The lowest BCUT2D eigenvalue weighted by molar-refractivity contribution is -0.143. The molecule has 3 aromatic rings. The van der Waals surface area contributed by atoms with Crippen LogP contribution in [0.5, 0.6) is 11.5 Å². The number of anilines is 2. The molecule has 0 radical (unpaired) electrons. The number of nitrogens with one attached hydrogen (secondary N) is 2. The molecule has 10 nitrogen and oxygen atoms in total. The molecule has 1 aromatic heterocycles. The zero-order valence-electron chi connectivity index (χ0n) is 20.1. The molecule has 2 N–H and O–H groups in total. The molecule has 0 spiro atoms. The Kier molecular flexibility index (Phi) is 6.90. The molecule has 0 saturated heterocycles. The van der Waals surface area contributed by atoms with E-state index >= 15 is 0 Å². The minimum absolute atomic E-state index is 0.242. The number of alkyl carbamates (subject to hydrolysis) is 1. The Balaban J connectivity index is 1.48. The molecule has 0 bridgehead atoms. The van der Waals surface area contributed by atoms with Crippen LogP contribution >= 0.6 is 0 Å². The van der Waals surface area contributed by atoms with E-state index in [9.17, 15) is 9.59 Å². The fourth-order valence-electron chi connectivity index (χ4n) is 3.57. The maximum Gasteiger partial charge on any atom is 0.408 e. The van der Waals surface area contributed by atoms with Gasteiger partial charge >= 0.3 is 12.1 Å². The number of carbonyl (C=O) groups excluding carboxylic acids is 2. The van der Waals surface area contributed by atoms with E-state index in [-0.39, 0.29) is 6.42 Å². The molecule has 4 rings (SSSR count). The van der Waals surface area contributed by atoms with Crippen LogP contribution < -0.4 is 20.1 Å². The molecule has 0 saturated carbocycles. The van der Waals surface area contributed by atoms with Crippen LogP contribution in [0.1, 0.15) is 26.3 Å². The van der Waals surface area contributed by atoms with Gasteiger partial charge in [-0.1, -0.05) is 12.1 Å². The van der Waals surface area contributed by atoms with Crippen molar-refractivity contribution in [3.63, 3.8) is 0 Å². The number of hydrogen-bond acceptors (Lipinski definition) is 9. The second-order valence-electron chi connectivity index (χ2n) is 8.98. The van der Waals surface area contributed by atoms with Crippen LogP contribution in [0.15, 0.2) is 42.7 Å².